The third-order valence-electron chi connectivity index (χ3n) is 12.9. The fourth-order valence-electron chi connectivity index (χ4n) is 11.4. The fourth-order valence-corrected chi connectivity index (χ4v) is 12.4. The van der Waals surface area contributed by atoms with Gasteiger partial charge in [-0.05, 0) is 104 Å². The van der Waals surface area contributed by atoms with Crippen LogP contribution < -0.4 is 10.2 Å². The van der Waals surface area contributed by atoms with Crippen molar-refractivity contribution in [3.8, 4) is 10.6 Å². The van der Waals surface area contributed by atoms with E-state index in [1.165, 1.54) is 24.3 Å². The van der Waals surface area contributed by atoms with Crippen LogP contribution in [0, 0.1) is 21.7 Å². The van der Waals surface area contributed by atoms with E-state index in [-0.39, 0.29) is 34.3 Å². The normalized spacial score (nSPS) is 23.5. The first-order valence-corrected chi connectivity index (χ1v) is 22.2. The van der Waals surface area contributed by atoms with Gasteiger partial charge >= 0.3 is 11.9 Å². The number of ether oxygens (including phenoxy) is 1. The number of aromatic carboxylic acids is 1. The SMILES string of the molecule is CC(=O)N(CCCC(=O)O)CCOC12CC(C)(C)CC(C)(CC(C)(CN/C(C)=C(\C=N)c3ccc(N4CCc5cccc(-c6nc7ccccc7s6)c5C4)nc3C(=O)O)C1)C2. The van der Waals surface area contributed by atoms with Crippen molar-refractivity contribution in [3.63, 3.8) is 0 Å². The van der Waals surface area contributed by atoms with E-state index in [2.05, 4.69) is 62.2 Å². The van der Waals surface area contributed by atoms with Crippen LogP contribution in [0.25, 0.3) is 26.4 Å². The molecule has 12 nitrogen and oxygen atoms in total. The Hall–Kier alpha value is -5.14. The number of pyridine rings is 1. The smallest absolute Gasteiger partial charge is 0.355 e. The van der Waals surface area contributed by atoms with Crippen molar-refractivity contribution in [2.24, 2.45) is 16.2 Å². The summed E-state index contributed by atoms with van der Waals surface area (Å²) in [7, 11) is 0. The summed E-state index contributed by atoms with van der Waals surface area (Å²) in [6.07, 6.45) is 7.06. The molecule has 3 unspecified atom stereocenters. The molecule has 1 aliphatic heterocycles. The Morgan fingerprint density at radius 1 is 0.951 bits per heavy atom. The Labute approximate surface area is 362 Å². The maximum absolute atomic E-state index is 12.9. The fraction of sp³-hybridized carbons (Fsp3) is 0.500. The quantitative estimate of drug-likeness (QED) is 0.0799. The molecule has 3 atom stereocenters. The van der Waals surface area contributed by atoms with E-state index < -0.39 is 17.5 Å². The number of aliphatic carboxylic acids is 1. The number of hydrogen-bond acceptors (Lipinski definition) is 10. The largest absolute Gasteiger partial charge is 0.481 e. The first-order valence-electron chi connectivity index (χ1n) is 21.4. The maximum Gasteiger partial charge on any atom is 0.355 e. The highest BCUT2D eigenvalue weighted by atomic mass is 32.1. The molecule has 2 bridgehead atoms. The van der Waals surface area contributed by atoms with E-state index >= 15 is 0 Å². The number of hydrogen-bond donors (Lipinski definition) is 4. The number of para-hydroxylation sites is 1. The standard InChI is InChI=1S/C48H60N6O6S/c1-31(50-30-47(6)27-46(5)25-45(3,4)26-48(28-46,29-47)60-22-21-53(32(2)55)19-10-15-41(56)57)36(23-49)34-16-17-40(52-42(34)44(58)59)54-20-18-33-11-9-12-35(37(33)24-54)43-51-38-13-7-8-14-39(38)61-43/h7-9,11-14,16-17,23,49-50H,10,15,18-22,24-30H2,1-6H3,(H,56,57)(H,58,59)/b36-31+,49-23?. The van der Waals surface area contributed by atoms with Crippen molar-refractivity contribution in [2.75, 3.05) is 37.7 Å². The highest BCUT2D eigenvalue weighted by molar-refractivity contribution is 7.21. The number of aromatic nitrogens is 2. The molecule has 1 amide bonds. The van der Waals surface area contributed by atoms with E-state index in [0.29, 0.717) is 68.4 Å². The minimum Gasteiger partial charge on any atom is -0.481 e. The lowest BCUT2D eigenvalue weighted by Gasteiger charge is -2.61. The first-order chi connectivity index (χ1) is 28.9. The number of carboxylic acids is 2. The predicted octanol–water partition coefficient (Wildman–Crippen LogP) is 9.07. The van der Waals surface area contributed by atoms with Crippen molar-refractivity contribution in [1.82, 2.24) is 20.2 Å². The van der Waals surface area contributed by atoms with Gasteiger partial charge in [0.05, 0.1) is 22.4 Å². The van der Waals surface area contributed by atoms with Gasteiger partial charge in [0.2, 0.25) is 5.91 Å². The van der Waals surface area contributed by atoms with Crippen molar-refractivity contribution in [2.45, 2.75) is 105 Å². The van der Waals surface area contributed by atoms with Gasteiger partial charge in [0.15, 0.2) is 5.69 Å². The van der Waals surface area contributed by atoms with E-state index in [9.17, 15) is 19.5 Å². The van der Waals surface area contributed by atoms with E-state index in [4.69, 9.17) is 25.2 Å². The molecular weight excluding hydrogens is 789 g/mol. The molecule has 3 heterocycles. The number of carboxylic acid groups (broad SMARTS) is 2. The summed E-state index contributed by atoms with van der Waals surface area (Å²) < 4.78 is 8.02. The molecule has 4 N–H and O–H groups in total. The molecule has 3 aliphatic rings. The van der Waals surface area contributed by atoms with E-state index in [1.54, 1.807) is 22.3 Å². The molecule has 2 aromatic carbocycles. The number of allylic oxidation sites excluding steroid dienone is 2. The van der Waals surface area contributed by atoms with Crippen LogP contribution in [0.15, 0.2) is 60.3 Å². The molecule has 0 saturated heterocycles. The van der Waals surface area contributed by atoms with E-state index in [0.717, 1.165) is 59.3 Å². The lowest BCUT2D eigenvalue weighted by molar-refractivity contribution is -0.191. The molecule has 324 valence electrons. The third kappa shape index (κ3) is 9.83. The van der Waals surface area contributed by atoms with Gasteiger partial charge < -0.3 is 35.5 Å². The molecule has 13 heteroatoms. The molecule has 0 radical (unpaired) electrons. The molecule has 7 rings (SSSR count). The molecule has 0 spiro atoms. The van der Waals surface area contributed by atoms with Gasteiger partial charge in [-0.3, -0.25) is 9.59 Å². The lowest BCUT2D eigenvalue weighted by Crippen LogP contribution is -2.58. The zero-order valence-corrected chi connectivity index (χ0v) is 37.2. The van der Waals surface area contributed by atoms with Crippen molar-refractivity contribution < 1.29 is 29.3 Å². The highest BCUT2D eigenvalue weighted by Crippen LogP contribution is 2.62. The number of nitrogens with zero attached hydrogens (tertiary/aromatic N) is 4. The van der Waals surface area contributed by atoms with E-state index in [1.807, 2.05) is 31.2 Å². The molecule has 4 aromatic rings. The highest BCUT2D eigenvalue weighted by Gasteiger charge is 2.58. The van der Waals surface area contributed by atoms with Crippen LogP contribution in [0.2, 0.25) is 0 Å². The summed E-state index contributed by atoms with van der Waals surface area (Å²) in [6.45, 7) is 15.7. The van der Waals surface area contributed by atoms with Crippen LogP contribution in [0.1, 0.15) is 114 Å². The first kappa shape index (κ1) is 43.9. The number of amides is 1. The molecule has 2 saturated carbocycles. The third-order valence-corrected chi connectivity index (χ3v) is 14.0. The second-order valence-corrected chi connectivity index (χ2v) is 20.2. The summed E-state index contributed by atoms with van der Waals surface area (Å²) in [5.74, 6) is -1.53. The Bertz CT molecular complexity index is 2340. The average Bonchev–Trinajstić information content (AvgIpc) is 3.62. The predicted molar refractivity (Wildman–Crippen MR) is 241 cm³/mol. The van der Waals surface area contributed by atoms with Crippen molar-refractivity contribution in [1.29, 1.82) is 5.41 Å². The number of benzene rings is 2. The summed E-state index contributed by atoms with van der Waals surface area (Å²) in [5, 5.41) is 32.7. The summed E-state index contributed by atoms with van der Waals surface area (Å²) in [4.78, 5) is 49.9. The molecule has 61 heavy (non-hydrogen) atoms. The second-order valence-electron chi connectivity index (χ2n) is 19.2. The Balaban J connectivity index is 1.08. The lowest BCUT2D eigenvalue weighted by atomic mass is 9.48. The Morgan fingerprint density at radius 3 is 2.46 bits per heavy atom. The topological polar surface area (TPSA) is 169 Å². The minimum atomic E-state index is -1.15. The van der Waals surface area contributed by atoms with Crippen molar-refractivity contribution >= 4 is 57.0 Å². The number of carbonyl (C=O) groups is 3. The van der Waals surface area contributed by atoms with Crippen molar-refractivity contribution in [3.05, 3.63) is 82.7 Å². The van der Waals surface area contributed by atoms with Crippen LogP contribution in [-0.4, -0.2) is 87.5 Å². The summed E-state index contributed by atoms with van der Waals surface area (Å²) >= 11 is 1.67. The van der Waals surface area contributed by atoms with Crippen LogP contribution in [0.3, 0.4) is 0 Å². The van der Waals surface area contributed by atoms with Gasteiger partial charge in [0.1, 0.15) is 10.8 Å². The van der Waals surface area contributed by atoms with Gasteiger partial charge in [-0.15, -0.1) is 11.3 Å². The summed E-state index contributed by atoms with van der Waals surface area (Å²) in [5.41, 5.74) is 5.45. The molecule has 2 aromatic heterocycles. The summed E-state index contributed by atoms with van der Waals surface area (Å²) in [6, 6.07) is 18.2. The van der Waals surface area contributed by atoms with Crippen LogP contribution in [-0.2, 0) is 27.3 Å². The van der Waals surface area contributed by atoms with Crippen LogP contribution in [0.5, 0.6) is 0 Å². The number of thiazole rings is 1. The number of fused-ring (bicyclic) bond motifs is 4. The van der Waals surface area contributed by atoms with Gasteiger partial charge in [-0.1, -0.05) is 58.0 Å². The van der Waals surface area contributed by atoms with Gasteiger partial charge in [0, 0.05) is 74.7 Å². The zero-order chi connectivity index (χ0) is 43.7. The average molecular weight is 849 g/mol. The van der Waals surface area contributed by atoms with Gasteiger partial charge in [-0.2, -0.15) is 0 Å². The van der Waals surface area contributed by atoms with Crippen LogP contribution >= 0.6 is 11.3 Å². The number of nitrogens with one attached hydrogen (secondary N) is 2. The number of anilines is 1. The Kier molecular flexibility index (Phi) is 12.5. The van der Waals surface area contributed by atoms with Gasteiger partial charge in [-0.25, -0.2) is 14.8 Å². The minimum absolute atomic E-state index is 0.0144. The second kappa shape index (κ2) is 17.3. The molecular formula is C48H60N6O6S. The van der Waals surface area contributed by atoms with Crippen LogP contribution in [0.4, 0.5) is 5.82 Å². The number of carbonyl (C=O) groups excluding carboxylic acids is 1. The molecule has 2 aliphatic carbocycles. The number of rotatable bonds is 16. The Morgan fingerprint density at radius 2 is 1.74 bits per heavy atom. The molecule has 2 fully saturated rings. The van der Waals surface area contributed by atoms with Gasteiger partial charge in [0.25, 0.3) is 0 Å². The monoisotopic (exact) mass is 848 g/mol. The zero-order valence-electron chi connectivity index (χ0n) is 36.4. The maximum atomic E-state index is 12.9.